The van der Waals surface area contributed by atoms with E-state index in [0.29, 0.717) is 0 Å². The molecule has 5 heteroatoms. The molecule has 122 valence electrons. The van der Waals surface area contributed by atoms with Crippen LogP contribution in [0, 0.1) is 6.92 Å². The number of amides is 2. The number of nitrogens with zero attached hydrogens (tertiary/aromatic N) is 1. The number of aromatic nitrogens is 1. The van der Waals surface area contributed by atoms with Gasteiger partial charge >= 0.3 is 6.03 Å². The van der Waals surface area contributed by atoms with E-state index in [4.69, 9.17) is 0 Å². The number of rotatable bonds is 6. The molecule has 1 aromatic carbocycles. The minimum atomic E-state index is -0.719. The van der Waals surface area contributed by atoms with Gasteiger partial charge in [0.05, 0.1) is 12.1 Å². The Labute approximate surface area is 136 Å². The molecule has 2 atom stereocenters. The van der Waals surface area contributed by atoms with E-state index in [1.165, 1.54) is 0 Å². The number of aliphatic hydroxyl groups excluding tert-OH is 1. The third kappa shape index (κ3) is 4.79. The Morgan fingerprint density at radius 2 is 1.91 bits per heavy atom. The summed E-state index contributed by atoms with van der Waals surface area (Å²) in [4.78, 5) is 16.0. The zero-order chi connectivity index (χ0) is 16.7. The normalized spacial score (nSPS) is 13.2. The number of benzene rings is 1. The number of carbonyl (C=O) groups is 1. The summed E-state index contributed by atoms with van der Waals surface area (Å²) in [5, 5.41) is 15.9. The Morgan fingerprint density at radius 1 is 1.22 bits per heavy atom. The predicted molar refractivity (Wildman–Crippen MR) is 89.9 cm³/mol. The highest BCUT2D eigenvalue weighted by atomic mass is 16.3. The predicted octanol–water partition coefficient (Wildman–Crippen LogP) is 2.87. The molecule has 3 N–H and O–H groups in total. The van der Waals surface area contributed by atoms with Gasteiger partial charge in [0.2, 0.25) is 0 Å². The number of hydrogen-bond acceptors (Lipinski definition) is 3. The van der Waals surface area contributed by atoms with E-state index in [9.17, 15) is 9.90 Å². The van der Waals surface area contributed by atoms with Crippen molar-refractivity contribution in [1.82, 2.24) is 15.6 Å². The lowest BCUT2D eigenvalue weighted by Gasteiger charge is -2.19. The molecule has 0 aliphatic heterocycles. The molecule has 0 saturated heterocycles. The lowest BCUT2D eigenvalue weighted by atomic mass is 10.0. The molecule has 1 heterocycles. The van der Waals surface area contributed by atoms with Crippen molar-refractivity contribution in [3.63, 3.8) is 0 Å². The van der Waals surface area contributed by atoms with E-state index in [1.807, 2.05) is 50.2 Å². The van der Waals surface area contributed by atoms with Crippen molar-refractivity contribution in [1.29, 1.82) is 0 Å². The molecule has 2 rings (SSSR count). The number of carbonyl (C=O) groups excluding carboxylic acids is 1. The maximum atomic E-state index is 12.1. The average molecular weight is 313 g/mol. The summed E-state index contributed by atoms with van der Waals surface area (Å²) in [5.74, 6) is 0. The summed E-state index contributed by atoms with van der Waals surface area (Å²) in [6.07, 6.45) is 3.47. The van der Waals surface area contributed by atoms with Crippen molar-refractivity contribution >= 4 is 6.03 Å². The van der Waals surface area contributed by atoms with Crippen LogP contribution in [0.3, 0.4) is 0 Å². The SMILES string of the molecule is CCC(NC(=O)NCC(O)c1ccccc1C)c1ccncc1. The topological polar surface area (TPSA) is 74.2 Å². The van der Waals surface area contributed by atoms with Gasteiger partial charge in [0.25, 0.3) is 0 Å². The Kier molecular flexibility index (Phi) is 6.11. The maximum absolute atomic E-state index is 12.1. The Bertz CT molecular complexity index is 631. The number of hydrogen-bond donors (Lipinski definition) is 3. The third-order valence-corrected chi connectivity index (χ3v) is 3.83. The summed E-state index contributed by atoms with van der Waals surface area (Å²) in [7, 11) is 0. The van der Waals surface area contributed by atoms with Gasteiger partial charge in [-0.3, -0.25) is 4.98 Å². The minimum absolute atomic E-state index is 0.0754. The van der Waals surface area contributed by atoms with Gasteiger partial charge < -0.3 is 15.7 Å². The van der Waals surface area contributed by atoms with Gasteiger partial charge in [-0.1, -0.05) is 31.2 Å². The van der Waals surface area contributed by atoms with Crippen LogP contribution in [0.4, 0.5) is 4.79 Å². The standard InChI is InChI=1S/C18H23N3O2/c1-3-16(14-8-10-19-11-9-14)21-18(23)20-12-17(22)15-7-5-4-6-13(15)2/h4-11,16-17,22H,3,12H2,1-2H3,(H2,20,21,23). The molecule has 5 nitrogen and oxygen atoms in total. The van der Waals surface area contributed by atoms with E-state index in [1.54, 1.807) is 12.4 Å². The van der Waals surface area contributed by atoms with Gasteiger partial charge in [0, 0.05) is 18.9 Å². The second kappa shape index (κ2) is 8.29. The fraction of sp³-hybridized carbons (Fsp3) is 0.333. The molecule has 0 aliphatic carbocycles. The van der Waals surface area contributed by atoms with Gasteiger partial charge in [0.15, 0.2) is 0 Å². The van der Waals surface area contributed by atoms with E-state index in [-0.39, 0.29) is 18.6 Å². The summed E-state index contributed by atoms with van der Waals surface area (Å²) in [6.45, 7) is 4.12. The van der Waals surface area contributed by atoms with Crippen molar-refractivity contribution < 1.29 is 9.90 Å². The van der Waals surface area contributed by atoms with Gasteiger partial charge in [-0.2, -0.15) is 0 Å². The van der Waals surface area contributed by atoms with E-state index >= 15 is 0 Å². The number of pyridine rings is 1. The van der Waals surface area contributed by atoms with Crippen molar-refractivity contribution in [3.05, 3.63) is 65.5 Å². The van der Waals surface area contributed by atoms with Crippen LogP contribution in [0.2, 0.25) is 0 Å². The highest BCUT2D eigenvalue weighted by Gasteiger charge is 2.14. The molecule has 0 bridgehead atoms. The van der Waals surface area contributed by atoms with Crippen molar-refractivity contribution in [2.24, 2.45) is 0 Å². The molecule has 23 heavy (non-hydrogen) atoms. The fourth-order valence-corrected chi connectivity index (χ4v) is 2.49. The van der Waals surface area contributed by atoms with Crippen LogP contribution in [-0.4, -0.2) is 22.7 Å². The van der Waals surface area contributed by atoms with Crippen LogP contribution in [0.25, 0.3) is 0 Å². The quantitative estimate of drug-likeness (QED) is 0.767. The molecule has 2 unspecified atom stereocenters. The number of aliphatic hydroxyl groups is 1. The van der Waals surface area contributed by atoms with Gasteiger partial charge in [-0.05, 0) is 42.2 Å². The van der Waals surface area contributed by atoms with Gasteiger partial charge in [-0.25, -0.2) is 4.79 Å². The molecule has 0 saturated carbocycles. The van der Waals surface area contributed by atoms with Crippen molar-refractivity contribution in [3.8, 4) is 0 Å². The van der Waals surface area contributed by atoms with Gasteiger partial charge in [0.1, 0.15) is 0 Å². The largest absolute Gasteiger partial charge is 0.387 e. The minimum Gasteiger partial charge on any atom is -0.387 e. The zero-order valence-corrected chi connectivity index (χ0v) is 13.5. The average Bonchev–Trinajstić information content (AvgIpc) is 2.58. The number of nitrogens with one attached hydrogen (secondary N) is 2. The second-order valence-corrected chi connectivity index (χ2v) is 5.47. The molecule has 0 spiro atoms. The fourth-order valence-electron chi connectivity index (χ4n) is 2.49. The number of urea groups is 1. The van der Waals surface area contributed by atoms with Gasteiger partial charge in [-0.15, -0.1) is 0 Å². The van der Waals surface area contributed by atoms with E-state index in [0.717, 1.165) is 23.1 Å². The first-order chi connectivity index (χ1) is 11.1. The first-order valence-corrected chi connectivity index (χ1v) is 7.79. The van der Waals surface area contributed by atoms with Crippen LogP contribution in [-0.2, 0) is 0 Å². The molecular weight excluding hydrogens is 290 g/mol. The smallest absolute Gasteiger partial charge is 0.315 e. The molecule has 1 aromatic heterocycles. The van der Waals surface area contributed by atoms with Crippen LogP contribution < -0.4 is 10.6 Å². The van der Waals surface area contributed by atoms with Crippen LogP contribution in [0.5, 0.6) is 0 Å². The third-order valence-electron chi connectivity index (χ3n) is 3.83. The molecule has 2 amide bonds. The Morgan fingerprint density at radius 3 is 2.57 bits per heavy atom. The molecule has 2 aromatic rings. The van der Waals surface area contributed by atoms with Crippen LogP contribution in [0.15, 0.2) is 48.8 Å². The summed E-state index contributed by atoms with van der Waals surface area (Å²) >= 11 is 0. The van der Waals surface area contributed by atoms with Crippen molar-refractivity contribution in [2.45, 2.75) is 32.4 Å². The number of aryl methyl sites for hydroxylation is 1. The second-order valence-electron chi connectivity index (χ2n) is 5.47. The Balaban J connectivity index is 1.88. The maximum Gasteiger partial charge on any atom is 0.315 e. The summed E-state index contributed by atoms with van der Waals surface area (Å²) < 4.78 is 0. The molecule has 0 fully saturated rings. The Hall–Kier alpha value is -2.40. The van der Waals surface area contributed by atoms with E-state index in [2.05, 4.69) is 15.6 Å². The highest BCUT2D eigenvalue weighted by Crippen LogP contribution is 2.17. The lowest BCUT2D eigenvalue weighted by molar-refractivity contribution is 0.172. The zero-order valence-electron chi connectivity index (χ0n) is 13.5. The lowest BCUT2D eigenvalue weighted by Crippen LogP contribution is -2.39. The van der Waals surface area contributed by atoms with Crippen molar-refractivity contribution in [2.75, 3.05) is 6.54 Å². The summed E-state index contributed by atoms with van der Waals surface area (Å²) in [5.41, 5.74) is 2.84. The van der Waals surface area contributed by atoms with Crippen LogP contribution >= 0.6 is 0 Å². The first-order valence-electron chi connectivity index (χ1n) is 7.79. The molecule has 0 radical (unpaired) electrons. The summed E-state index contributed by atoms with van der Waals surface area (Å²) in [6, 6.07) is 11.0. The first kappa shape index (κ1) is 17.0. The molecular formula is C18H23N3O2. The molecule has 0 aliphatic rings. The highest BCUT2D eigenvalue weighted by molar-refractivity contribution is 5.74. The van der Waals surface area contributed by atoms with Crippen LogP contribution in [0.1, 0.15) is 42.2 Å². The monoisotopic (exact) mass is 313 g/mol. The van der Waals surface area contributed by atoms with E-state index < -0.39 is 6.10 Å².